The number of likely N-dealkylation sites (N-methyl/N-ethyl adjacent to an activating group) is 1. The Morgan fingerprint density at radius 1 is 1.30 bits per heavy atom. The highest BCUT2D eigenvalue weighted by atomic mass is 16.6. The van der Waals surface area contributed by atoms with E-state index in [0.29, 0.717) is 24.4 Å². The molecule has 1 amide bonds. The number of carbonyl (C=O) groups is 1. The largest absolute Gasteiger partial charge is 0.415 e. The Morgan fingerprint density at radius 2 is 1.95 bits per heavy atom. The lowest BCUT2D eigenvalue weighted by atomic mass is 10.2. The number of piperazine rings is 1. The van der Waals surface area contributed by atoms with Crippen LogP contribution >= 0.6 is 0 Å². The Hall–Kier alpha value is -2.15. The molecular formula is C13H17N3O4. The molecule has 0 N–H and O–H groups in total. The SMILES string of the molecule is Cc1cc([N+](=O)[O-])ccc1OC(=O)N1CCN(C)CC1. The van der Waals surface area contributed by atoms with Crippen molar-refractivity contribution in [3.63, 3.8) is 0 Å². The molecular weight excluding hydrogens is 262 g/mol. The van der Waals surface area contributed by atoms with Crippen molar-refractivity contribution < 1.29 is 14.5 Å². The topological polar surface area (TPSA) is 75.9 Å². The average Bonchev–Trinajstić information content (AvgIpc) is 2.41. The van der Waals surface area contributed by atoms with Crippen LogP contribution in [0.25, 0.3) is 0 Å². The molecule has 1 heterocycles. The maximum absolute atomic E-state index is 12.0. The van der Waals surface area contributed by atoms with Crippen molar-refractivity contribution in [1.82, 2.24) is 9.80 Å². The number of amides is 1. The Bertz CT molecular complexity index is 524. The smallest absolute Gasteiger partial charge is 0.410 e. The monoisotopic (exact) mass is 279 g/mol. The first-order valence-corrected chi connectivity index (χ1v) is 6.37. The van der Waals surface area contributed by atoms with Gasteiger partial charge >= 0.3 is 6.09 Å². The highest BCUT2D eigenvalue weighted by Gasteiger charge is 2.21. The van der Waals surface area contributed by atoms with E-state index in [0.717, 1.165) is 13.1 Å². The second-order valence-electron chi connectivity index (χ2n) is 4.87. The van der Waals surface area contributed by atoms with Crippen LogP contribution in [0.2, 0.25) is 0 Å². The zero-order chi connectivity index (χ0) is 14.7. The molecule has 0 saturated carbocycles. The summed E-state index contributed by atoms with van der Waals surface area (Å²) in [5.74, 6) is 0.361. The quantitative estimate of drug-likeness (QED) is 0.607. The van der Waals surface area contributed by atoms with Crippen LogP contribution in [-0.2, 0) is 0 Å². The van der Waals surface area contributed by atoms with E-state index in [9.17, 15) is 14.9 Å². The van der Waals surface area contributed by atoms with Gasteiger partial charge in [-0.1, -0.05) is 0 Å². The Balaban J connectivity index is 2.02. The van der Waals surface area contributed by atoms with E-state index in [2.05, 4.69) is 4.90 Å². The summed E-state index contributed by atoms with van der Waals surface area (Å²) in [5.41, 5.74) is 0.559. The molecule has 108 valence electrons. The van der Waals surface area contributed by atoms with Gasteiger partial charge in [-0.25, -0.2) is 4.79 Å². The van der Waals surface area contributed by atoms with Crippen LogP contribution in [0.1, 0.15) is 5.56 Å². The Labute approximate surface area is 116 Å². The van der Waals surface area contributed by atoms with E-state index in [1.54, 1.807) is 11.8 Å². The van der Waals surface area contributed by atoms with Crippen LogP contribution in [0.3, 0.4) is 0 Å². The molecule has 1 aliphatic rings. The number of benzene rings is 1. The van der Waals surface area contributed by atoms with Crippen molar-refractivity contribution in [2.45, 2.75) is 6.92 Å². The molecule has 1 saturated heterocycles. The molecule has 1 aromatic rings. The Kier molecular flexibility index (Phi) is 4.19. The minimum atomic E-state index is -0.473. The summed E-state index contributed by atoms with van der Waals surface area (Å²) in [6, 6.07) is 4.19. The fourth-order valence-electron chi connectivity index (χ4n) is 2.01. The minimum absolute atomic E-state index is 0.0121. The van der Waals surface area contributed by atoms with E-state index >= 15 is 0 Å². The average molecular weight is 279 g/mol. The van der Waals surface area contributed by atoms with Gasteiger partial charge in [-0.2, -0.15) is 0 Å². The van der Waals surface area contributed by atoms with Crippen molar-refractivity contribution in [1.29, 1.82) is 0 Å². The van der Waals surface area contributed by atoms with E-state index in [4.69, 9.17) is 4.74 Å². The number of non-ortho nitro benzene ring substituents is 1. The maximum atomic E-state index is 12.0. The van der Waals surface area contributed by atoms with E-state index in [1.807, 2.05) is 7.05 Å². The number of nitrogens with zero attached hydrogens (tertiary/aromatic N) is 3. The second-order valence-corrected chi connectivity index (χ2v) is 4.87. The fraction of sp³-hybridized carbons (Fsp3) is 0.462. The lowest BCUT2D eigenvalue weighted by Crippen LogP contribution is -2.48. The number of hydrogen-bond donors (Lipinski definition) is 0. The molecule has 1 aliphatic heterocycles. The third-order valence-corrected chi connectivity index (χ3v) is 3.33. The number of nitro benzene ring substituents is 1. The number of hydrogen-bond acceptors (Lipinski definition) is 5. The molecule has 0 radical (unpaired) electrons. The van der Waals surface area contributed by atoms with Crippen molar-refractivity contribution in [2.75, 3.05) is 33.2 Å². The lowest BCUT2D eigenvalue weighted by molar-refractivity contribution is -0.384. The Morgan fingerprint density at radius 3 is 2.50 bits per heavy atom. The number of ether oxygens (including phenoxy) is 1. The molecule has 0 atom stereocenters. The van der Waals surface area contributed by atoms with Crippen LogP contribution in [-0.4, -0.2) is 54.0 Å². The highest BCUT2D eigenvalue weighted by Crippen LogP contribution is 2.23. The van der Waals surface area contributed by atoms with Crippen molar-refractivity contribution in [2.24, 2.45) is 0 Å². The normalized spacial score (nSPS) is 16.0. The number of carbonyl (C=O) groups excluding carboxylic acids is 1. The van der Waals surface area contributed by atoms with Gasteiger partial charge < -0.3 is 14.5 Å². The summed E-state index contributed by atoms with van der Waals surface area (Å²) in [6.45, 7) is 4.56. The molecule has 20 heavy (non-hydrogen) atoms. The van der Waals surface area contributed by atoms with Gasteiger partial charge in [0.15, 0.2) is 0 Å². The summed E-state index contributed by atoms with van der Waals surface area (Å²) in [7, 11) is 2.00. The van der Waals surface area contributed by atoms with Crippen molar-refractivity contribution in [3.8, 4) is 5.75 Å². The van der Waals surface area contributed by atoms with Gasteiger partial charge in [-0.15, -0.1) is 0 Å². The number of aryl methyl sites for hydroxylation is 1. The molecule has 7 heteroatoms. The summed E-state index contributed by atoms with van der Waals surface area (Å²) in [5, 5.41) is 10.6. The first kappa shape index (κ1) is 14.3. The van der Waals surface area contributed by atoms with Crippen molar-refractivity contribution in [3.05, 3.63) is 33.9 Å². The maximum Gasteiger partial charge on any atom is 0.415 e. The van der Waals surface area contributed by atoms with Gasteiger partial charge in [0, 0.05) is 38.3 Å². The van der Waals surface area contributed by atoms with Gasteiger partial charge in [0.1, 0.15) is 5.75 Å². The van der Waals surface area contributed by atoms with Gasteiger partial charge in [-0.3, -0.25) is 10.1 Å². The first-order valence-electron chi connectivity index (χ1n) is 6.37. The predicted octanol–water partition coefficient (Wildman–Crippen LogP) is 1.65. The summed E-state index contributed by atoms with van der Waals surface area (Å²) < 4.78 is 5.30. The van der Waals surface area contributed by atoms with Gasteiger partial charge in [0.2, 0.25) is 0 Å². The zero-order valence-electron chi connectivity index (χ0n) is 11.5. The number of rotatable bonds is 2. The third kappa shape index (κ3) is 3.24. The summed E-state index contributed by atoms with van der Waals surface area (Å²) >= 11 is 0. The molecule has 0 aromatic heterocycles. The van der Waals surface area contributed by atoms with E-state index in [-0.39, 0.29) is 5.69 Å². The fourth-order valence-corrected chi connectivity index (χ4v) is 2.01. The van der Waals surface area contributed by atoms with Crippen LogP contribution in [0, 0.1) is 17.0 Å². The summed E-state index contributed by atoms with van der Waals surface area (Å²) in [6.07, 6.45) is -0.407. The van der Waals surface area contributed by atoms with Crippen molar-refractivity contribution >= 4 is 11.8 Å². The predicted molar refractivity (Wildman–Crippen MR) is 72.9 cm³/mol. The molecule has 0 aliphatic carbocycles. The molecule has 0 bridgehead atoms. The molecule has 7 nitrogen and oxygen atoms in total. The standard InChI is InChI=1S/C13H17N3O4/c1-10-9-11(16(18)19)3-4-12(10)20-13(17)15-7-5-14(2)6-8-15/h3-4,9H,5-8H2,1-2H3. The van der Waals surface area contributed by atoms with Crippen LogP contribution < -0.4 is 4.74 Å². The molecule has 1 aromatic carbocycles. The molecule has 1 fully saturated rings. The zero-order valence-corrected chi connectivity index (χ0v) is 11.5. The third-order valence-electron chi connectivity index (χ3n) is 3.33. The van der Waals surface area contributed by atoms with E-state index < -0.39 is 11.0 Å². The molecule has 0 spiro atoms. The number of nitro groups is 1. The highest BCUT2D eigenvalue weighted by molar-refractivity contribution is 5.71. The van der Waals surface area contributed by atoms with Gasteiger partial charge in [0.25, 0.3) is 5.69 Å². The van der Waals surface area contributed by atoms with Gasteiger partial charge in [-0.05, 0) is 25.6 Å². The van der Waals surface area contributed by atoms with Gasteiger partial charge in [0.05, 0.1) is 4.92 Å². The second kappa shape index (κ2) is 5.87. The molecule has 0 unspecified atom stereocenters. The first-order chi connectivity index (χ1) is 9.47. The minimum Gasteiger partial charge on any atom is -0.410 e. The lowest BCUT2D eigenvalue weighted by Gasteiger charge is -2.31. The summed E-state index contributed by atoms with van der Waals surface area (Å²) in [4.78, 5) is 26.0. The van der Waals surface area contributed by atoms with E-state index in [1.165, 1.54) is 18.2 Å². The van der Waals surface area contributed by atoms with Crippen LogP contribution in [0.15, 0.2) is 18.2 Å². The molecule has 2 rings (SSSR count). The van der Waals surface area contributed by atoms with Crippen LogP contribution in [0.5, 0.6) is 5.75 Å². The van der Waals surface area contributed by atoms with Crippen LogP contribution in [0.4, 0.5) is 10.5 Å².